The summed E-state index contributed by atoms with van der Waals surface area (Å²) in [6.45, 7) is 3.22. The van der Waals surface area contributed by atoms with Gasteiger partial charge in [0.05, 0.1) is 10.2 Å². The number of anilines is 1. The van der Waals surface area contributed by atoms with Gasteiger partial charge in [0.1, 0.15) is 17.5 Å². The highest BCUT2D eigenvalue weighted by Crippen LogP contribution is 2.41. The number of amides is 1. The zero-order valence-corrected chi connectivity index (χ0v) is 20.8. The maximum atomic E-state index is 13.4. The molecule has 2 aliphatic rings. The summed E-state index contributed by atoms with van der Waals surface area (Å²) >= 11 is 9.27. The van der Waals surface area contributed by atoms with E-state index in [4.69, 9.17) is 16.3 Å². The molecule has 0 radical (unpaired) electrons. The molecule has 0 aliphatic carbocycles. The van der Waals surface area contributed by atoms with Crippen molar-refractivity contribution in [3.63, 3.8) is 0 Å². The van der Waals surface area contributed by atoms with Crippen LogP contribution in [0.1, 0.15) is 24.1 Å². The van der Waals surface area contributed by atoms with Crippen LogP contribution in [0, 0.1) is 0 Å². The van der Waals surface area contributed by atoms with Gasteiger partial charge in [-0.1, -0.05) is 41.9 Å². The van der Waals surface area contributed by atoms with E-state index in [9.17, 15) is 18.7 Å². The Hall–Kier alpha value is -2.01. The number of aromatic nitrogens is 1. The molecule has 0 spiro atoms. The van der Waals surface area contributed by atoms with E-state index in [2.05, 4.69) is 25.8 Å². The van der Waals surface area contributed by atoms with Gasteiger partial charge in [0.15, 0.2) is 0 Å². The van der Waals surface area contributed by atoms with Gasteiger partial charge in [-0.05, 0) is 27.9 Å². The van der Waals surface area contributed by atoms with Crippen molar-refractivity contribution in [2.45, 2.75) is 31.5 Å². The van der Waals surface area contributed by atoms with Crippen LogP contribution >= 0.6 is 27.5 Å². The average molecular weight is 560 g/mol. The molecule has 2 aliphatic heterocycles. The van der Waals surface area contributed by atoms with Gasteiger partial charge < -0.3 is 19.6 Å². The average Bonchev–Trinajstić information content (AvgIpc) is 2.83. The summed E-state index contributed by atoms with van der Waals surface area (Å²) in [5.74, 6) is 0. The Balaban J connectivity index is 1.35. The number of carbonyl (C=O) groups is 1. The molecular weight excluding hydrogens is 534 g/mol. The van der Waals surface area contributed by atoms with Crippen molar-refractivity contribution >= 4 is 39.3 Å². The number of benzene rings is 1. The molecule has 0 unspecified atom stereocenters. The predicted molar refractivity (Wildman–Crippen MR) is 128 cm³/mol. The Morgan fingerprint density at radius 2 is 1.94 bits per heavy atom. The van der Waals surface area contributed by atoms with Crippen LogP contribution in [0.4, 0.5) is 19.3 Å². The van der Waals surface area contributed by atoms with Crippen molar-refractivity contribution in [1.29, 1.82) is 0 Å². The highest BCUT2D eigenvalue weighted by atomic mass is 79.9. The standard InChI is InChI=1S/C23H26BrClF2N4O3/c24-20-17(12-19(25)28-21(20)22(26)27)31-13-18(16(31)6-11-32)29-7-9-30(10-8-29)23(33)34-14-15-4-2-1-3-5-15/h1-5,12,16,18,22,32H,6-11,13-14H2/t16-,18+/m0/s1. The lowest BCUT2D eigenvalue weighted by Crippen LogP contribution is -2.69. The molecule has 1 amide bonds. The molecule has 4 rings (SSSR count). The highest BCUT2D eigenvalue weighted by Gasteiger charge is 2.44. The van der Waals surface area contributed by atoms with E-state index < -0.39 is 12.1 Å². The molecule has 2 aromatic rings. The van der Waals surface area contributed by atoms with Crippen molar-refractivity contribution in [2.75, 3.05) is 44.2 Å². The second-order valence-electron chi connectivity index (χ2n) is 8.33. The molecule has 2 atom stereocenters. The first-order chi connectivity index (χ1) is 16.4. The minimum Gasteiger partial charge on any atom is -0.445 e. The van der Waals surface area contributed by atoms with Crippen LogP contribution in [0.25, 0.3) is 0 Å². The van der Waals surface area contributed by atoms with Crippen LogP contribution < -0.4 is 4.90 Å². The summed E-state index contributed by atoms with van der Waals surface area (Å²) in [5.41, 5.74) is 1.10. The van der Waals surface area contributed by atoms with E-state index in [0.717, 1.165) is 5.56 Å². The van der Waals surface area contributed by atoms with Gasteiger partial charge >= 0.3 is 6.09 Å². The lowest BCUT2D eigenvalue weighted by atomic mass is 9.90. The summed E-state index contributed by atoms with van der Waals surface area (Å²) in [5, 5.41) is 9.63. The number of aliphatic hydroxyl groups excluding tert-OH is 1. The van der Waals surface area contributed by atoms with E-state index in [1.807, 2.05) is 35.2 Å². The van der Waals surface area contributed by atoms with Gasteiger partial charge in [0.2, 0.25) is 0 Å². The number of hydrogen-bond donors (Lipinski definition) is 1. The number of hydrogen-bond acceptors (Lipinski definition) is 6. The van der Waals surface area contributed by atoms with E-state index in [1.54, 1.807) is 11.0 Å². The quantitative estimate of drug-likeness (QED) is 0.510. The van der Waals surface area contributed by atoms with Gasteiger partial charge in [-0.2, -0.15) is 0 Å². The number of nitrogens with zero attached hydrogens (tertiary/aromatic N) is 4. The topological polar surface area (TPSA) is 69.1 Å². The first-order valence-electron chi connectivity index (χ1n) is 11.1. The molecule has 1 aromatic heterocycles. The zero-order valence-electron chi connectivity index (χ0n) is 18.4. The van der Waals surface area contributed by atoms with Crippen molar-refractivity contribution in [3.8, 4) is 0 Å². The molecule has 1 N–H and O–H groups in total. The molecule has 0 saturated carbocycles. The van der Waals surface area contributed by atoms with Crippen LogP contribution in [0.3, 0.4) is 0 Å². The Morgan fingerprint density at radius 1 is 1.24 bits per heavy atom. The monoisotopic (exact) mass is 558 g/mol. The van der Waals surface area contributed by atoms with Crippen molar-refractivity contribution in [2.24, 2.45) is 0 Å². The SMILES string of the molecule is O=C(OCc1ccccc1)N1CCN([C@@H]2CN(c3cc(Cl)nc(C(F)F)c3Br)[C@H]2CCO)CC1. The largest absolute Gasteiger partial charge is 0.445 e. The third kappa shape index (κ3) is 5.45. The molecule has 2 saturated heterocycles. The van der Waals surface area contributed by atoms with Crippen molar-refractivity contribution in [3.05, 3.63) is 57.3 Å². The fraction of sp³-hybridized carbons (Fsp3) is 0.478. The second-order valence-corrected chi connectivity index (χ2v) is 9.51. The minimum absolute atomic E-state index is 0.00216. The Bertz CT molecular complexity index is 996. The van der Waals surface area contributed by atoms with Crippen LogP contribution in [-0.4, -0.2) is 77.4 Å². The van der Waals surface area contributed by atoms with Gasteiger partial charge in [-0.3, -0.25) is 4.90 Å². The number of halogens is 4. The van der Waals surface area contributed by atoms with Gasteiger partial charge in [-0.15, -0.1) is 0 Å². The van der Waals surface area contributed by atoms with E-state index in [0.29, 0.717) is 44.8 Å². The molecule has 184 valence electrons. The Morgan fingerprint density at radius 3 is 2.59 bits per heavy atom. The Labute approximate surface area is 210 Å². The van der Waals surface area contributed by atoms with Crippen LogP contribution in [0.5, 0.6) is 0 Å². The molecule has 0 bridgehead atoms. The van der Waals surface area contributed by atoms with Gasteiger partial charge in [0, 0.05) is 57.5 Å². The van der Waals surface area contributed by atoms with Crippen molar-refractivity contribution < 1.29 is 23.4 Å². The van der Waals surface area contributed by atoms with E-state index in [1.165, 1.54) is 0 Å². The zero-order chi connectivity index (χ0) is 24.2. The molecule has 1 aromatic carbocycles. The van der Waals surface area contributed by atoms with Crippen LogP contribution in [0.15, 0.2) is 40.9 Å². The predicted octanol–water partition coefficient (Wildman–Crippen LogP) is 4.33. The third-order valence-electron chi connectivity index (χ3n) is 6.35. The van der Waals surface area contributed by atoms with Gasteiger partial charge in [0.25, 0.3) is 6.43 Å². The fourth-order valence-corrected chi connectivity index (χ4v) is 5.35. The number of carbonyl (C=O) groups excluding carboxylic acids is 1. The lowest BCUT2D eigenvalue weighted by molar-refractivity contribution is 0.0395. The number of piperazine rings is 1. The summed E-state index contributed by atoms with van der Waals surface area (Å²) < 4.78 is 32.4. The molecule has 11 heteroatoms. The first-order valence-corrected chi connectivity index (χ1v) is 12.3. The third-order valence-corrected chi connectivity index (χ3v) is 7.35. The summed E-state index contributed by atoms with van der Waals surface area (Å²) in [6.07, 6.45) is -2.60. The number of alkyl halides is 2. The van der Waals surface area contributed by atoms with E-state index in [-0.39, 0.29) is 41.0 Å². The number of rotatable bonds is 7. The second kappa shape index (κ2) is 11.2. The molecular formula is C23H26BrClF2N4O3. The van der Waals surface area contributed by atoms with Gasteiger partial charge in [-0.25, -0.2) is 18.6 Å². The maximum Gasteiger partial charge on any atom is 0.410 e. The molecule has 7 nitrogen and oxygen atoms in total. The first kappa shape index (κ1) is 25.1. The highest BCUT2D eigenvalue weighted by molar-refractivity contribution is 9.10. The Kier molecular flexibility index (Phi) is 8.23. The summed E-state index contributed by atoms with van der Waals surface area (Å²) in [6, 6.07) is 11.2. The number of pyridine rings is 1. The molecule has 34 heavy (non-hydrogen) atoms. The molecule has 3 heterocycles. The molecule has 2 fully saturated rings. The summed E-state index contributed by atoms with van der Waals surface area (Å²) in [4.78, 5) is 22.2. The number of aliphatic hydroxyl groups is 1. The van der Waals surface area contributed by atoms with Crippen molar-refractivity contribution in [1.82, 2.24) is 14.8 Å². The maximum absolute atomic E-state index is 13.4. The van der Waals surface area contributed by atoms with E-state index >= 15 is 0 Å². The fourth-order valence-electron chi connectivity index (χ4n) is 4.55. The van der Waals surface area contributed by atoms with Crippen LogP contribution in [-0.2, 0) is 11.3 Å². The summed E-state index contributed by atoms with van der Waals surface area (Å²) in [7, 11) is 0. The lowest BCUT2D eigenvalue weighted by Gasteiger charge is -2.55. The minimum atomic E-state index is -2.75. The van der Waals surface area contributed by atoms with Crippen LogP contribution in [0.2, 0.25) is 5.15 Å². The smallest absolute Gasteiger partial charge is 0.410 e. The number of ether oxygens (including phenoxy) is 1. The normalized spacial score (nSPS) is 21.0.